The van der Waals surface area contributed by atoms with Crippen LogP contribution in [0.15, 0.2) is 44.6 Å². The predicted octanol–water partition coefficient (Wildman–Crippen LogP) is 2.73. The van der Waals surface area contributed by atoms with E-state index in [0.717, 1.165) is 6.07 Å². The van der Waals surface area contributed by atoms with E-state index in [-0.39, 0.29) is 27.2 Å². The van der Waals surface area contributed by atoms with Crippen molar-refractivity contribution in [1.82, 2.24) is 9.71 Å². The number of hydrogen-bond acceptors (Lipinski definition) is 4. The molecule has 1 amide bonds. The molecule has 1 aromatic heterocycles. The number of aromatic nitrogens is 1. The van der Waals surface area contributed by atoms with Gasteiger partial charge in [0.2, 0.25) is 10.0 Å². The number of carbonyl (C=O) groups is 1. The van der Waals surface area contributed by atoms with Gasteiger partial charge in [-0.2, -0.15) is 0 Å². The van der Waals surface area contributed by atoms with Crippen LogP contribution in [0.2, 0.25) is 5.02 Å². The molecule has 0 aliphatic heterocycles. The lowest BCUT2D eigenvalue weighted by atomic mass is 10.2. The molecule has 3 N–H and O–H groups in total. The van der Waals surface area contributed by atoms with Crippen molar-refractivity contribution in [3.63, 3.8) is 0 Å². The minimum atomic E-state index is -3.78. The maximum absolute atomic E-state index is 12.4. The number of hydrogen-bond donors (Lipinski definition) is 3. The van der Waals surface area contributed by atoms with Crippen molar-refractivity contribution in [3.05, 3.63) is 55.9 Å². The van der Waals surface area contributed by atoms with E-state index in [0.29, 0.717) is 4.47 Å². The molecule has 0 aliphatic carbocycles. The highest BCUT2D eigenvalue weighted by Gasteiger charge is 2.20. The zero-order chi connectivity index (χ0) is 18.8. The first-order valence-electron chi connectivity index (χ1n) is 7.11. The molecule has 1 aromatic carbocycles. The van der Waals surface area contributed by atoms with Crippen molar-refractivity contribution in [2.75, 3.05) is 5.32 Å². The fraction of sp³-hybridized carbons (Fsp3) is 0.200. The van der Waals surface area contributed by atoms with Gasteiger partial charge in [-0.1, -0.05) is 11.6 Å². The van der Waals surface area contributed by atoms with Gasteiger partial charge in [-0.25, -0.2) is 13.1 Å². The zero-order valence-electron chi connectivity index (χ0n) is 13.3. The molecule has 0 saturated heterocycles. The normalized spacial score (nSPS) is 11.6. The van der Waals surface area contributed by atoms with Gasteiger partial charge in [-0.15, -0.1) is 0 Å². The molecule has 0 bridgehead atoms. The summed E-state index contributed by atoms with van der Waals surface area (Å²) >= 11 is 9.20. The minimum Gasteiger partial charge on any atom is -0.326 e. The van der Waals surface area contributed by atoms with Crippen LogP contribution in [0.1, 0.15) is 24.2 Å². The number of amides is 1. The smallest absolute Gasteiger partial charge is 0.271 e. The van der Waals surface area contributed by atoms with Gasteiger partial charge in [0.15, 0.2) is 0 Å². The third kappa shape index (κ3) is 4.91. The topological polar surface area (TPSA) is 108 Å². The van der Waals surface area contributed by atoms with Crippen LogP contribution >= 0.6 is 27.5 Å². The Hall–Kier alpha value is -1.68. The van der Waals surface area contributed by atoms with E-state index in [1.165, 1.54) is 24.4 Å². The van der Waals surface area contributed by atoms with Crippen molar-refractivity contribution in [1.29, 1.82) is 0 Å². The van der Waals surface area contributed by atoms with Crippen LogP contribution < -0.4 is 15.6 Å². The van der Waals surface area contributed by atoms with E-state index < -0.39 is 21.5 Å². The number of nitrogens with one attached hydrogen (secondary N) is 3. The molecule has 1 heterocycles. The van der Waals surface area contributed by atoms with Gasteiger partial charge in [0.05, 0.1) is 15.5 Å². The van der Waals surface area contributed by atoms with E-state index in [9.17, 15) is 18.0 Å². The summed E-state index contributed by atoms with van der Waals surface area (Å²) in [4.78, 5) is 26.5. The highest BCUT2D eigenvalue weighted by molar-refractivity contribution is 9.10. The number of halogens is 2. The summed E-state index contributed by atoms with van der Waals surface area (Å²) in [6.07, 6.45) is 1.43. The quantitative estimate of drug-likeness (QED) is 0.653. The first-order valence-corrected chi connectivity index (χ1v) is 9.77. The molecule has 0 saturated carbocycles. The van der Waals surface area contributed by atoms with E-state index >= 15 is 0 Å². The van der Waals surface area contributed by atoms with Crippen molar-refractivity contribution < 1.29 is 13.2 Å². The summed E-state index contributed by atoms with van der Waals surface area (Å²) in [5, 5.41) is 2.48. The zero-order valence-corrected chi connectivity index (χ0v) is 16.4. The first-order chi connectivity index (χ1) is 11.6. The van der Waals surface area contributed by atoms with Crippen LogP contribution in [-0.2, 0) is 10.0 Å². The number of anilines is 1. The van der Waals surface area contributed by atoms with Gasteiger partial charge >= 0.3 is 0 Å². The van der Waals surface area contributed by atoms with Gasteiger partial charge in [-0.05, 0) is 54.0 Å². The highest BCUT2D eigenvalue weighted by Crippen LogP contribution is 2.22. The maximum Gasteiger partial charge on any atom is 0.271 e. The fourth-order valence-corrected chi connectivity index (χ4v) is 3.79. The molecule has 134 valence electrons. The fourth-order valence-electron chi connectivity index (χ4n) is 1.96. The Morgan fingerprint density at radius 1 is 1.28 bits per heavy atom. The highest BCUT2D eigenvalue weighted by atomic mass is 79.9. The lowest BCUT2D eigenvalue weighted by Gasteiger charge is -2.12. The number of aromatic amines is 1. The third-order valence-corrected chi connectivity index (χ3v) is 5.44. The minimum absolute atomic E-state index is 0.00371. The number of pyridine rings is 1. The molecule has 0 unspecified atom stereocenters. The Morgan fingerprint density at radius 2 is 1.96 bits per heavy atom. The Kier molecular flexibility index (Phi) is 6.04. The van der Waals surface area contributed by atoms with Gasteiger partial charge < -0.3 is 10.3 Å². The van der Waals surface area contributed by atoms with Crippen molar-refractivity contribution in [2.24, 2.45) is 0 Å². The lowest BCUT2D eigenvalue weighted by molar-refractivity contribution is 0.102. The standard InChI is InChI=1S/C15H15BrClN3O4S/c1-8(2)20-25(23,24)10-3-4-12(17)11(6-10)14(21)19-13-5-9(16)7-18-15(13)22/h3-8,20H,1-2H3,(H,18,22)(H,19,21). The molecule has 2 rings (SSSR count). The Balaban J connectivity index is 2.38. The number of rotatable bonds is 5. The largest absolute Gasteiger partial charge is 0.326 e. The molecule has 0 radical (unpaired) electrons. The molecule has 0 aliphatic rings. The Labute approximate surface area is 158 Å². The van der Waals surface area contributed by atoms with Gasteiger partial charge in [-0.3, -0.25) is 9.59 Å². The molecule has 0 spiro atoms. The van der Waals surface area contributed by atoms with E-state index in [4.69, 9.17) is 11.6 Å². The molecule has 10 heteroatoms. The van der Waals surface area contributed by atoms with Gasteiger partial charge in [0.1, 0.15) is 5.69 Å². The van der Waals surface area contributed by atoms with Crippen LogP contribution in [0, 0.1) is 0 Å². The van der Waals surface area contributed by atoms with Gasteiger partial charge in [0, 0.05) is 16.7 Å². The van der Waals surface area contributed by atoms with E-state index in [2.05, 4.69) is 31.0 Å². The van der Waals surface area contributed by atoms with E-state index in [1.807, 2.05) is 0 Å². The maximum atomic E-state index is 12.4. The van der Waals surface area contributed by atoms with Crippen LogP contribution in [0.25, 0.3) is 0 Å². The van der Waals surface area contributed by atoms with E-state index in [1.54, 1.807) is 13.8 Å². The summed E-state index contributed by atoms with van der Waals surface area (Å²) in [7, 11) is -3.78. The number of benzene rings is 1. The Morgan fingerprint density at radius 3 is 2.60 bits per heavy atom. The molecule has 25 heavy (non-hydrogen) atoms. The monoisotopic (exact) mass is 447 g/mol. The number of sulfonamides is 1. The number of H-pyrrole nitrogens is 1. The van der Waals surface area contributed by atoms with Gasteiger partial charge in [0.25, 0.3) is 11.5 Å². The van der Waals surface area contributed by atoms with Crippen molar-refractivity contribution >= 4 is 49.1 Å². The molecule has 7 nitrogen and oxygen atoms in total. The molecule has 2 aromatic rings. The average molecular weight is 449 g/mol. The molecule has 0 fully saturated rings. The third-order valence-electron chi connectivity index (χ3n) is 3.00. The van der Waals surface area contributed by atoms with Crippen LogP contribution in [-0.4, -0.2) is 25.4 Å². The van der Waals surface area contributed by atoms with Crippen LogP contribution in [0.4, 0.5) is 5.69 Å². The lowest BCUT2D eigenvalue weighted by Crippen LogP contribution is -2.30. The SMILES string of the molecule is CC(C)NS(=O)(=O)c1ccc(Cl)c(C(=O)Nc2cc(Br)c[nH]c2=O)c1. The predicted molar refractivity (Wildman–Crippen MR) is 99.6 cm³/mol. The Bertz CT molecular complexity index is 973. The second-order valence-electron chi connectivity index (χ2n) is 5.43. The molecular formula is C15H15BrClN3O4S. The summed E-state index contributed by atoms with van der Waals surface area (Å²) in [6.45, 7) is 3.36. The van der Waals surface area contributed by atoms with Crippen LogP contribution in [0.3, 0.4) is 0 Å². The molecular weight excluding hydrogens is 434 g/mol. The summed E-state index contributed by atoms with van der Waals surface area (Å²) in [6, 6.07) is 4.89. The van der Waals surface area contributed by atoms with Crippen molar-refractivity contribution in [2.45, 2.75) is 24.8 Å². The summed E-state index contributed by atoms with van der Waals surface area (Å²) < 4.78 is 27.5. The second-order valence-corrected chi connectivity index (χ2v) is 8.47. The average Bonchev–Trinajstić information content (AvgIpc) is 2.49. The second kappa shape index (κ2) is 7.69. The summed E-state index contributed by atoms with van der Waals surface area (Å²) in [5.41, 5.74) is -0.561. The molecule has 0 atom stereocenters. The van der Waals surface area contributed by atoms with Crippen LogP contribution in [0.5, 0.6) is 0 Å². The first kappa shape index (κ1) is 19.6. The number of carbonyl (C=O) groups excluding carboxylic acids is 1. The van der Waals surface area contributed by atoms with Crippen molar-refractivity contribution in [3.8, 4) is 0 Å². The summed E-state index contributed by atoms with van der Waals surface area (Å²) in [5.74, 6) is -0.699.